The van der Waals surface area contributed by atoms with Gasteiger partial charge >= 0.3 is 29.2 Å². The highest BCUT2D eigenvalue weighted by Gasteiger charge is 2.49. The van der Waals surface area contributed by atoms with Crippen molar-refractivity contribution in [3.05, 3.63) is 58.4 Å². The van der Waals surface area contributed by atoms with Crippen molar-refractivity contribution in [3.8, 4) is 0 Å². The number of hydrogen-bond acceptors (Lipinski definition) is 31. The van der Waals surface area contributed by atoms with Crippen molar-refractivity contribution >= 4 is 80.7 Å². The second-order valence-corrected chi connectivity index (χ2v) is 22.8. The van der Waals surface area contributed by atoms with Gasteiger partial charge < -0.3 is 77.0 Å². The number of aliphatic hydroxyl groups is 2. The zero-order valence-corrected chi connectivity index (χ0v) is 43.8. The zero-order valence-electron chi connectivity index (χ0n) is 41.1. The molecule has 6 aromatic heterocycles. The van der Waals surface area contributed by atoms with Crippen LogP contribution in [-0.4, -0.2) is 172 Å². The highest BCUT2D eigenvalue weighted by atomic mass is 31.2. The fourth-order valence-electron chi connectivity index (χ4n) is 9.71. The number of nitrogen functional groups attached to an aromatic ring is 4. The van der Waals surface area contributed by atoms with Gasteiger partial charge in [0.25, 0.3) is 5.56 Å². The zero-order chi connectivity index (χ0) is 56.4. The van der Waals surface area contributed by atoms with Crippen LogP contribution in [-0.2, 0) is 59.8 Å². The van der Waals surface area contributed by atoms with Crippen molar-refractivity contribution in [3.63, 3.8) is 0 Å². The molecule has 432 valence electrons. The van der Waals surface area contributed by atoms with Crippen LogP contribution in [0.25, 0.3) is 22.3 Å². The molecule has 15 atom stereocenters. The van der Waals surface area contributed by atoms with Gasteiger partial charge in [0.15, 0.2) is 34.3 Å². The first kappa shape index (κ1) is 55.6. The topological polar surface area (TPSA) is 532 Å². The van der Waals surface area contributed by atoms with Crippen molar-refractivity contribution in [2.45, 2.75) is 99.4 Å². The molecule has 0 bridgehead atoms. The predicted molar refractivity (Wildman–Crippen MR) is 267 cm³/mol. The molecule has 0 saturated carbocycles. The van der Waals surface area contributed by atoms with E-state index in [2.05, 4.69) is 50.2 Å². The SMILES string of the molecule is Nc1ccn([C@H]2C[C@H](OP(=O)(O)OC[C@H]3O[C@@H](n4cnc5c(=O)[nH]c(N)nc54)C[C@@H]3OP(=O)(O)OC[C@H]3O[C@@H](N4CNc5c(N)ncnc54)C[C@@H]3O)[C@@H](COP(=O)(O)O[C@H]3C[C@H](n4cnc5c(N)ncnc54)O[C@@H]3CO)O2)c(=O)n1. The number of aromatic amines is 1. The van der Waals surface area contributed by atoms with Gasteiger partial charge in [-0.3, -0.25) is 50.6 Å². The lowest BCUT2D eigenvalue weighted by atomic mass is 10.2. The molecule has 4 fully saturated rings. The summed E-state index contributed by atoms with van der Waals surface area (Å²) >= 11 is 0. The van der Waals surface area contributed by atoms with Gasteiger partial charge in [0.1, 0.15) is 97.3 Å². The third kappa shape index (κ3) is 11.5. The number of rotatable bonds is 20. The van der Waals surface area contributed by atoms with Crippen LogP contribution in [0.15, 0.2) is 47.2 Å². The summed E-state index contributed by atoms with van der Waals surface area (Å²) in [4.78, 5) is 95.3. The van der Waals surface area contributed by atoms with Gasteiger partial charge in [-0.25, -0.2) is 48.4 Å². The minimum absolute atomic E-state index is 0.0363. The van der Waals surface area contributed by atoms with E-state index >= 15 is 0 Å². The second kappa shape index (κ2) is 21.9. The second-order valence-electron chi connectivity index (χ2n) is 18.6. The summed E-state index contributed by atoms with van der Waals surface area (Å²) in [5, 5.41) is 24.1. The molecule has 11 rings (SSSR count). The standard InChI is InChI=1S/C39H51N18O20P3/c40-24-1-2-54(39(61)51-24)26-5-18(22(73-26)9-69-79(64,65)75-17-4-27(71-20(17)7-58)56-14-49-30-33(42)45-12-47-35(30)56)76-80(66,67)70-10-23-19(6-28(74-23)57-15-50-31-36(57)52-38(43)53-37(31)60)77-78(62,63)68-8-21-16(59)3-25(72-21)55-13-48-29-32(41)44-11-46-34(29)55/h1-2,11-12,14-23,25-28,48,58-59H,3-10,13H2,(H,62,63)(H,64,65)(H,66,67)(H2,40,51,61)(H2,41,44,46)(H2,42,45,47)(H3,43,52,53,60)/t16-,17-,18-,19-,20+,21+,22+,23+,25+,26+,27+,28+/m0/s1. The first-order chi connectivity index (χ1) is 38.1. The van der Waals surface area contributed by atoms with E-state index in [9.17, 15) is 48.2 Å². The third-order valence-electron chi connectivity index (χ3n) is 13.5. The Hall–Kier alpha value is -6.25. The van der Waals surface area contributed by atoms with Gasteiger partial charge in [-0.05, 0) is 6.07 Å². The number of fused-ring (bicyclic) bond motifs is 3. The minimum atomic E-state index is -5.35. The Labute approximate surface area is 447 Å². The van der Waals surface area contributed by atoms with Crippen LogP contribution in [0.4, 0.5) is 34.9 Å². The Balaban J connectivity index is 0.770. The van der Waals surface area contributed by atoms with Gasteiger partial charge in [0.05, 0.1) is 51.9 Å². The third-order valence-corrected chi connectivity index (χ3v) is 16.5. The van der Waals surface area contributed by atoms with Gasteiger partial charge in [0, 0.05) is 31.9 Å². The van der Waals surface area contributed by atoms with Gasteiger partial charge in [-0.15, -0.1) is 0 Å². The number of phosphoric ester groups is 3. The summed E-state index contributed by atoms with van der Waals surface area (Å²) in [7, 11) is -15.6. The van der Waals surface area contributed by atoms with Crippen LogP contribution in [0.5, 0.6) is 0 Å². The summed E-state index contributed by atoms with van der Waals surface area (Å²) in [6, 6.07) is 1.27. The van der Waals surface area contributed by atoms with Gasteiger partial charge in [-0.2, -0.15) is 9.97 Å². The molecule has 38 nitrogen and oxygen atoms in total. The van der Waals surface area contributed by atoms with Crippen molar-refractivity contribution < 1.29 is 84.7 Å². The largest absolute Gasteiger partial charge is 0.472 e. The number of nitrogens with zero attached hydrogens (tertiary/aromatic N) is 12. The molecule has 0 amide bonds. The molecule has 6 aromatic rings. The Morgan fingerprint density at radius 1 is 0.637 bits per heavy atom. The monoisotopic (exact) mass is 1180 g/mol. The average Bonchev–Trinajstić information content (AvgIpc) is 4.30. The van der Waals surface area contributed by atoms with E-state index in [0.717, 1.165) is 4.57 Å². The molecule has 41 heteroatoms. The predicted octanol–water partition coefficient (Wildman–Crippen LogP) is -1.94. The number of anilines is 6. The van der Waals surface area contributed by atoms with Crippen LogP contribution in [0.1, 0.15) is 44.4 Å². The lowest BCUT2D eigenvalue weighted by molar-refractivity contribution is -0.0617. The van der Waals surface area contributed by atoms with E-state index in [1.807, 2.05) is 0 Å². The number of H-pyrrole nitrogens is 1. The average molecular weight is 1180 g/mol. The minimum Gasteiger partial charge on any atom is -0.394 e. The Morgan fingerprint density at radius 2 is 1.18 bits per heavy atom. The van der Waals surface area contributed by atoms with E-state index in [1.165, 1.54) is 46.7 Å². The molecule has 0 aromatic carbocycles. The maximum Gasteiger partial charge on any atom is 0.472 e. The maximum absolute atomic E-state index is 14.0. The first-order valence-corrected chi connectivity index (χ1v) is 28.6. The van der Waals surface area contributed by atoms with Crippen molar-refractivity contribution in [1.29, 1.82) is 0 Å². The Kier molecular flexibility index (Phi) is 15.2. The molecule has 5 aliphatic rings. The smallest absolute Gasteiger partial charge is 0.394 e. The maximum atomic E-state index is 14.0. The molecule has 80 heavy (non-hydrogen) atoms. The first-order valence-electron chi connectivity index (χ1n) is 24.1. The van der Waals surface area contributed by atoms with Crippen molar-refractivity contribution in [2.24, 2.45) is 0 Å². The summed E-state index contributed by atoms with van der Waals surface area (Å²) < 4.78 is 102. The van der Waals surface area contributed by atoms with E-state index < -0.39 is 141 Å². The summed E-state index contributed by atoms with van der Waals surface area (Å²) in [6.45, 7) is -2.93. The summed E-state index contributed by atoms with van der Waals surface area (Å²) in [5.41, 5.74) is 22.5. The van der Waals surface area contributed by atoms with E-state index in [4.69, 9.17) is 69.0 Å². The van der Waals surface area contributed by atoms with Gasteiger partial charge in [0.2, 0.25) is 5.95 Å². The normalized spacial score (nSPS) is 29.9. The number of nitrogens with one attached hydrogen (secondary N) is 2. The molecule has 0 radical (unpaired) electrons. The van der Waals surface area contributed by atoms with E-state index in [1.54, 1.807) is 4.90 Å². The number of nitrogens with two attached hydrogens (primary N) is 4. The van der Waals surface area contributed by atoms with E-state index in [0.29, 0.717) is 11.5 Å². The molecular weight excluding hydrogens is 1130 g/mol. The molecular formula is C39H51N18O20P3. The molecule has 15 N–H and O–H groups in total. The fraction of sp³-hybridized carbons (Fsp3) is 0.538. The van der Waals surface area contributed by atoms with Gasteiger partial charge in [-0.1, -0.05) is 0 Å². The van der Waals surface area contributed by atoms with E-state index in [-0.39, 0.29) is 71.7 Å². The fourth-order valence-corrected chi connectivity index (χ4v) is 12.6. The van der Waals surface area contributed by atoms with Crippen LogP contribution in [0.2, 0.25) is 0 Å². The summed E-state index contributed by atoms with van der Waals surface area (Å²) in [5.74, 6) is 0.271. The van der Waals surface area contributed by atoms with Crippen LogP contribution in [0.3, 0.4) is 0 Å². The number of phosphoric acid groups is 3. The molecule has 0 aliphatic carbocycles. The molecule has 5 aliphatic heterocycles. The Morgan fingerprint density at radius 3 is 1.80 bits per heavy atom. The number of imidazole rings is 2. The number of hydrogen-bond donors (Lipinski definition) is 11. The number of aliphatic hydroxyl groups excluding tert-OH is 2. The highest BCUT2D eigenvalue weighted by molar-refractivity contribution is 7.48. The quantitative estimate of drug-likeness (QED) is 0.0371. The highest BCUT2D eigenvalue weighted by Crippen LogP contribution is 2.54. The van der Waals surface area contributed by atoms with Crippen LogP contribution >= 0.6 is 23.5 Å². The van der Waals surface area contributed by atoms with Crippen LogP contribution in [0, 0.1) is 0 Å². The van der Waals surface area contributed by atoms with Crippen molar-refractivity contribution in [2.75, 3.05) is 66.2 Å². The Bertz CT molecular complexity index is 3560. The van der Waals surface area contributed by atoms with Crippen molar-refractivity contribution in [1.82, 2.24) is 58.6 Å². The molecule has 4 saturated heterocycles. The lowest BCUT2D eigenvalue weighted by Gasteiger charge is -2.25. The molecule has 0 spiro atoms. The number of aromatic nitrogens is 12. The lowest BCUT2D eigenvalue weighted by Crippen LogP contribution is -2.36. The molecule has 11 heterocycles. The summed E-state index contributed by atoms with van der Waals surface area (Å²) in [6.07, 6.45) is -9.72. The van der Waals surface area contributed by atoms with Crippen LogP contribution < -0.4 is 44.4 Å². The number of ether oxygens (including phenoxy) is 4. The molecule has 3 unspecified atom stereocenters.